The van der Waals surface area contributed by atoms with Crippen LogP contribution in [0.15, 0.2) is 48.5 Å². The van der Waals surface area contributed by atoms with Crippen LogP contribution in [-0.4, -0.2) is 47.2 Å². The van der Waals surface area contributed by atoms with Gasteiger partial charge in [-0.05, 0) is 68.1 Å². The van der Waals surface area contributed by atoms with Crippen LogP contribution in [0.2, 0.25) is 0 Å². The lowest BCUT2D eigenvalue weighted by atomic mass is 10.00. The molecule has 1 amide bonds. The maximum atomic E-state index is 12.9. The molecule has 1 fully saturated rings. The Morgan fingerprint density at radius 3 is 2.31 bits per heavy atom. The Balaban J connectivity index is 1.45. The zero-order chi connectivity index (χ0) is 22.8. The maximum Gasteiger partial charge on any atom is 0.253 e. The summed E-state index contributed by atoms with van der Waals surface area (Å²) >= 11 is 0. The summed E-state index contributed by atoms with van der Waals surface area (Å²) in [6, 6.07) is 15.1. The van der Waals surface area contributed by atoms with Gasteiger partial charge in [0.2, 0.25) is 0 Å². The molecule has 0 unspecified atom stereocenters. The van der Waals surface area contributed by atoms with E-state index in [0.717, 1.165) is 59.8 Å². The number of hydrogen-bond donors (Lipinski definition) is 2. The average molecular weight is 431 g/mol. The SMILES string of the molecule is Cc1c(-c2ccc(N)cc2)nnc(N2CCC(N(C)C(=O)c3cccc(N)c3)CC2)c1C. The summed E-state index contributed by atoms with van der Waals surface area (Å²) in [5.74, 6) is 0.931. The minimum Gasteiger partial charge on any atom is -0.399 e. The molecule has 2 heterocycles. The molecule has 1 saturated heterocycles. The molecule has 1 aliphatic rings. The zero-order valence-electron chi connectivity index (χ0n) is 18.9. The number of nitrogens with zero attached hydrogens (tertiary/aromatic N) is 4. The van der Waals surface area contributed by atoms with Crippen LogP contribution in [0.4, 0.5) is 17.2 Å². The molecule has 2 aromatic carbocycles. The topological polar surface area (TPSA) is 101 Å². The first-order chi connectivity index (χ1) is 15.3. The zero-order valence-corrected chi connectivity index (χ0v) is 18.9. The summed E-state index contributed by atoms with van der Waals surface area (Å²) < 4.78 is 0. The third kappa shape index (κ3) is 4.23. The van der Waals surface area contributed by atoms with Crippen molar-refractivity contribution in [3.63, 3.8) is 0 Å². The van der Waals surface area contributed by atoms with Crippen LogP contribution in [0.25, 0.3) is 11.3 Å². The van der Waals surface area contributed by atoms with Crippen LogP contribution in [0, 0.1) is 13.8 Å². The highest BCUT2D eigenvalue weighted by atomic mass is 16.2. The van der Waals surface area contributed by atoms with Gasteiger partial charge in [0.05, 0.1) is 5.69 Å². The van der Waals surface area contributed by atoms with E-state index in [1.807, 2.05) is 48.3 Å². The molecule has 32 heavy (non-hydrogen) atoms. The van der Waals surface area contributed by atoms with Crippen LogP contribution in [0.5, 0.6) is 0 Å². The second-order valence-electron chi connectivity index (χ2n) is 8.50. The van der Waals surface area contributed by atoms with Gasteiger partial charge in [0, 0.05) is 48.7 Å². The Morgan fingerprint density at radius 2 is 1.66 bits per heavy atom. The molecule has 1 aliphatic heterocycles. The van der Waals surface area contributed by atoms with Gasteiger partial charge in [0.25, 0.3) is 5.91 Å². The second-order valence-corrected chi connectivity index (χ2v) is 8.50. The molecule has 7 nitrogen and oxygen atoms in total. The van der Waals surface area contributed by atoms with Crippen molar-refractivity contribution < 1.29 is 4.79 Å². The molecule has 0 spiro atoms. The molecule has 0 saturated carbocycles. The first-order valence-corrected chi connectivity index (χ1v) is 10.9. The lowest BCUT2D eigenvalue weighted by Gasteiger charge is -2.37. The Hall–Kier alpha value is -3.61. The normalized spacial score (nSPS) is 14.4. The summed E-state index contributed by atoms with van der Waals surface area (Å²) in [5, 5.41) is 9.11. The van der Waals surface area contributed by atoms with Gasteiger partial charge >= 0.3 is 0 Å². The predicted octanol–water partition coefficient (Wildman–Crippen LogP) is 3.67. The van der Waals surface area contributed by atoms with E-state index in [-0.39, 0.29) is 11.9 Å². The van der Waals surface area contributed by atoms with Gasteiger partial charge in [-0.15, -0.1) is 10.2 Å². The second kappa shape index (κ2) is 8.86. The minimum atomic E-state index is 0.00965. The molecule has 0 radical (unpaired) electrons. The van der Waals surface area contributed by atoms with Crippen LogP contribution >= 0.6 is 0 Å². The van der Waals surface area contributed by atoms with Crippen molar-refractivity contribution in [1.82, 2.24) is 15.1 Å². The molecule has 4 rings (SSSR count). The minimum absolute atomic E-state index is 0.00965. The van der Waals surface area contributed by atoms with Gasteiger partial charge in [-0.25, -0.2) is 0 Å². The molecule has 0 aliphatic carbocycles. The molecular weight excluding hydrogens is 400 g/mol. The Bertz CT molecular complexity index is 1120. The predicted molar refractivity (Wildman–Crippen MR) is 130 cm³/mol. The van der Waals surface area contributed by atoms with Gasteiger partial charge in [0.15, 0.2) is 5.82 Å². The van der Waals surface area contributed by atoms with E-state index < -0.39 is 0 Å². The first-order valence-electron chi connectivity index (χ1n) is 10.9. The number of anilines is 3. The number of amides is 1. The highest BCUT2D eigenvalue weighted by Gasteiger charge is 2.28. The fourth-order valence-electron chi connectivity index (χ4n) is 4.31. The molecule has 3 aromatic rings. The number of benzene rings is 2. The number of aromatic nitrogens is 2. The van der Waals surface area contributed by atoms with Crippen LogP contribution in [0.3, 0.4) is 0 Å². The van der Waals surface area contributed by atoms with Crippen molar-refractivity contribution in [2.45, 2.75) is 32.7 Å². The number of nitrogens with two attached hydrogens (primary N) is 2. The van der Waals surface area contributed by atoms with Gasteiger partial charge in [-0.1, -0.05) is 18.2 Å². The summed E-state index contributed by atoms with van der Waals surface area (Å²) in [6.45, 7) is 5.84. The number of nitrogen functional groups attached to an aromatic ring is 2. The maximum absolute atomic E-state index is 12.9. The van der Waals surface area contributed by atoms with E-state index in [1.54, 1.807) is 12.1 Å². The number of rotatable bonds is 4. The van der Waals surface area contributed by atoms with Crippen molar-refractivity contribution in [3.8, 4) is 11.3 Å². The largest absolute Gasteiger partial charge is 0.399 e. The van der Waals surface area contributed by atoms with Gasteiger partial charge in [-0.2, -0.15) is 0 Å². The Labute approximate surface area is 189 Å². The van der Waals surface area contributed by atoms with Crippen molar-refractivity contribution in [2.75, 3.05) is 36.5 Å². The lowest BCUT2D eigenvalue weighted by Crippen LogP contribution is -2.46. The highest BCUT2D eigenvalue weighted by molar-refractivity contribution is 5.95. The molecule has 0 bridgehead atoms. The number of carbonyl (C=O) groups excluding carboxylic acids is 1. The van der Waals surface area contributed by atoms with Gasteiger partial charge in [0.1, 0.15) is 0 Å². The summed E-state index contributed by atoms with van der Waals surface area (Å²) in [5.41, 5.74) is 17.8. The van der Waals surface area contributed by atoms with E-state index in [1.165, 1.54) is 0 Å². The van der Waals surface area contributed by atoms with Crippen molar-refractivity contribution >= 4 is 23.1 Å². The highest BCUT2D eigenvalue weighted by Crippen LogP contribution is 2.30. The van der Waals surface area contributed by atoms with Crippen molar-refractivity contribution in [3.05, 3.63) is 65.2 Å². The summed E-state index contributed by atoms with van der Waals surface area (Å²) in [6.07, 6.45) is 1.76. The molecule has 166 valence electrons. The molecule has 7 heteroatoms. The van der Waals surface area contributed by atoms with Crippen LogP contribution < -0.4 is 16.4 Å². The van der Waals surface area contributed by atoms with Gasteiger partial charge < -0.3 is 21.3 Å². The molecule has 1 aromatic heterocycles. The summed E-state index contributed by atoms with van der Waals surface area (Å²) in [4.78, 5) is 17.0. The van der Waals surface area contributed by atoms with Crippen LogP contribution in [0.1, 0.15) is 34.3 Å². The number of carbonyl (C=O) groups is 1. The van der Waals surface area contributed by atoms with E-state index in [9.17, 15) is 4.79 Å². The third-order valence-corrected chi connectivity index (χ3v) is 6.45. The standard InChI is InChI=1S/C25H30N6O/c1-16-17(2)24(29-28-23(16)18-7-9-20(26)10-8-18)31-13-11-22(12-14-31)30(3)25(32)19-5-4-6-21(27)15-19/h4-10,15,22H,11-14,26-27H2,1-3H3. The lowest BCUT2D eigenvalue weighted by molar-refractivity contribution is 0.0709. The van der Waals surface area contributed by atoms with E-state index in [0.29, 0.717) is 11.3 Å². The fourth-order valence-corrected chi connectivity index (χ4v) is 4.31. The van der Waals surface area contributed by atoms with E-state index >= 15 is 0 Å². The van der Waals surface area contributed by atoms with Crippen molar-refractivity contribution in [1.29, 1.82) is 0 Å². The monoisotopic (exact) mass is 430 g/mol. The Morgan fingerprint density at radius 1 is 0.969 bits per heavy atom. The fraction of sp³-hybridized carbons (Fsp3) is 0.320. The number of hydrogen-bond acceptors (Lipinski definition) is 6. The molecule has 4 N–H and O–H groups in total. The number of piperidine rings is 1. The quantitative estimate of drug-likeness (QED) is 0.613. The first kappa shape index (κ1) is 21.6. The van der Waals surface area contributed by atoms with E-state index in [2.05, 4.69) is 28.9 Å². The smallest absolute Gasteiger partial charge is 0.253 e. The van der Waals surface area contributed by atoms with Crippen LogP contribution in [-0.2, 0) is 0 Å². The summed E-state index contributed by atoms with van der Waals surface area (Å²) in [7, 11) is 1.88. The third-order valence-electron chi connectivity index (χ3n) is 6.45. The van der Waals surface area contributed by atoms with Crippen molar-refractivity contribution in [2.24, 2.45) is 0 Å². The molecule has 0 atom stereocenters. The van der Waals surface area contributed by atoms with Gasteiger partial charge in [-0.3, -0.25) is 4.79 Å². The average Bonchev–Trinajstić information content (AvgIpc) is 2.81. The Kier molecular flexibility index (Phi) is 5.99. The molecular formula is C25H30N6O. The van der Waals surface area contributed by atoms with E-state index in [4.69, 9.17) is 11.5 Å².